The van der Waals surface area contributed by atoms with Crippen LogP contribution >= 0.6 is 11.6 Å². The summed E-state index contributed by atoms with van der Waals surface area (Å²) in [4.78, 5) is 23.0. The normalized spacial score (nSPS) is 10.5. The van der Waals surface area contributed by atoms with Crippen LogP contribution in [0.1, 0.15) is 16.1 Å². The highest BCUT2D eigenvalue weighted by Gasteiger charge is 2.17. The van der Waals surface area contributed by atoms with Crippen LogP contribution in [0.2, 0.25) is 5.02 Å². The molecule has 0 saturated heterocycles. The number of amides is 1. The van der Waals surface area contributed by atoms with Gasteiger partial charge in [-0.05, 0) is 19.1 Å². The molecule has 0 radical (unpaired) electrons. The number of furan rings is 1. The summed E-state index contributed by atoms with van der Waals surface area (Å²) < 4.78 is 5.69. The first-order chi connectivity index (χ1) is 13.5. The number of hydrogen-bond acceptors (Lipinski definition) is 5. The zero-order valence-corrected chi connectivity index (χ0v) is 15.8. The maximum absolute atomic E-state index is 12.4. The van der Waals surface area contributed by atoms with Gasteiger partial charge in [0.1, 0.15) is 17.2 Å². The number of nitrogens with zero attached hydrogens (tertiary/aromatic N) is 1. The number of rotatable bonds is 7. The second-order valence-corrected chi connectivity index (χ2v) is 6.43. The molecule has 8 heteroatoms. The first-order valence-electron chi connectivity index (χ1n) is 8.58. The van der Waals surface area contributed by atoms with Crippen molar-refractivity contribution in [2.24, 2.45) is 0 Å². The minimum atomic E-state index is -0.507. The van der Waals surface area contributed by atoms with Crippen LogP contribution in [0, 0.1) is 17.0 Å². The molecule has 0 aliphatic rings. The molecule has 1 aromatic heterocycles. The van der Waals surface area contributed by atoms with Gasteiger partial charge in [0, 0.05) is 24.7 Å². The van der Waals surface area contributed by atoms with Gasteiger partial charge in [0.05, 0.1) is 15.5 Å². The third-order valence-electron chi connectivity index (χ3n) is 4.12. The molecule has 7 nitrogen and oxygen atoms in total. The van der Waals surface area contributed by atoms with Gasteiger partial charge in [0.2, 0.25) is 0 Å². The molecule has 0 fully saturated rings. The molecule has 2 aromatic carbocycles. The van der Waals surface area contributed by atoms with E-state index in [1.165, 1.54) is 12.1 Å². The summed E-state index contributed by atoms with van der Waals surface area (Å²) in [6.07, 6.45) is 0. The molecule has 0 spiro atoms. The van der Waals surface area contributed by atoms with E-state index in [-0.39, 0.29) is 35.4 Å². The van der Waals surface area contributed by atoms with E-state index in [0.717, 1.165) is 5.56 Å². The van der Waals surface area contributed by atoms with Gasteiger partial charge in [-0.15, -0.1) is 0 Å². The van der Waals surface area contributed by atoms with Crippen LogP contribution in [-0.4, -0.2) is 23.9 Å². The SMILES string of the molecule is Cc1oc(-c2ccccc2)cc1C(=O)NCCNc1c(Cl)cccc1[N+](=O)[O-]. The fraction of sp³-hybridized carbons (Fsp3) is 0.150. The number of para-hydroxylation sites is 1. The van der Waals surface area contributed by atoms with Crippen molar-refractivity contribution >= 4 is 28.9 Å². The van der Waals surface area contributed by atoms with Crippen LogP contribution in [0.4, 0.5) is 11.4 Å². The van der Waals surface area contributed by atoms with Gasteiger partial charge in [0.15, 0.2) is 0 Å². The average Bonchev–Trinajstić information content (AvgIpc) is 3.08. The van der Waals surface area contributed by atoms with Crippen molar-refractivity contribution in [2.45, 2.75) is 6.92 Å². The fourth-order valence-electron chi connectivity index (χ4n) is 2.75. The fourth-order valence-corrected chi connectivity index (χ4v) is 2.99. The number of anilines is 1. The van der Waals surface area contributed by atoms with Gasteiger partial charge in [-0.3, -0.25) is 14.9 Å². The molecular formula is C20H18ClN3O4. The lowest BCUT2D eigenvalue weighted by atomic mass is 10.1. The van der Waals surface area contributed by atoms with Gasteiger partial charge >= 0.3 is 0 Å². The van der Waals surface area contributed by atoms with Gasteiger partial charge in [-0.25, -0.2) is 0 Å². The third kappa shape index (κ3) is 4.32. The highest BCUT2D eigenvalue weighted by atomic mass is 35.5. The smallest absolute Gasteiger partial charge is 0.293 e. The second-order valence-electron chi connectivity index (χ2n) is 6.02. The van der Waals surface area contributed by atoms with Gasteiger partial charge in [-0.2, -0.15) is 0 Å². The second kappa shape index (κ2) is 8.58. The summed E-state index contributed by atoms with van der Waals surface area (Å²) in [5, 5.41) is 17.0. The Morgan fingerprint density at radius 1 is 1.14 bits per heavy atom. The summed E-state index contributed by atoms with van der Waals surface area (Å²) in [7, 11) is 0. The van der Waals surface area contributed by atoms with Crippen molar-refractivity contribution in [1.82, 2.24) is 5.32 Å². The Morgan fingerprint density at radius 3 is 2.61 bits per heavy atom. The van der Waals surface area contributed by atoms with E-state index in [1.54, 1.807) is 19.1 Å². The zero-order valence-electron chi connectivity index (χ0n) is 15.1. The summed E-state index contributed by atoms with van der Waals surface area (Å²) in [6, 6.07) is 15.6. The summed E-state index contributed by atoms with van der Waals surface area (Å²) in [5.41, 5.74) is 1.45. The molecule has 0 unspecified atom stereocenters. The molecule has 0 aliphatic carbocycles. The molecular weight excluding hydrogens is 382 g/mol. The maximum atomic E-state index is 12.4. The molecule has 0 aliphatic heterocycles. The van der Waals surface area contributed by atoms with Crippen molar-refractivity contribution in [3.8, 4) is 11.3 Å². The Balaban J connectivity index is 1.60. The monoisotopic (exact) mass is 399 g/mol. The lowest BCUT2D eigenvalue weighted by molar-refractivity contribution is -0.383. The molecule has 0 bridgehead atoms. The predicted octanol–water partition coefficient (Wildman–Crippen LogP) is 4.66. The van der Waals surface area contributed by atoms with Crippen molar-refractivity contribution in [1.29, 1.82) is 0 Å². The molecule has 28 heavy (non-hydrogen) atoms. The number of nitrogens with one attached hydrogen (secondary N) is 2. The minimum Gasteiger partial charge on any atom is -0.461 e. The first-order valence-corrected chi connectivity index (χ1v) is 8.96. The quantitative estimate of drug-likeness (QED) is 0.342. The van der Waals surface area contributed by atoms with E-state index in [9.17, 15) is 14.9 Å². The summed E-state index contributed by atoms with van der Waals surface area (Å²) in [6.45, 7) is 2.26. The van der Waals surface area contributed by atoms with Crippen LogP contribution in [0.5, 0.6) is 0 Å². The molecule has 3 aromatic rings. The lowest BCUT2D eigenvalue weighted by Gasteiger charge is -2.09. The maximum Gasteiger partial charge on any atom is 0.293 e. The average molecular weight is 400 g/mol. The number of benzene rings is 2. The van der Waals surface area contributed by atoms with Crippen LogP contribution in [0.3, 0.4) is 0 Å². The Bertz CT molecular complexity index is 1000. The van der Waals surface area contributed by atoms with Crippen LogP contribution in [-0.2, 0) is 0 Å². The highest BCUT2D eigenvalue weighted by Crippen LogP contribution is 2.31. The Kier molecular flexibility index (Phi) is 5.96. The Morgan fingerprint density at radius 2 is 1.89 bits per heavy atom. The molecule has 3 rings (SSSR count). The van der Waals surface area contributed by atoms with E-state index >= 15 is 0 Å². The number of carbonyl (C=O) groups is 1. The largest absolute Gasteiger partial charge is 0.461 e. The van der Waals surface area contributed by atoms with E-state index in [2.05, 4.69) is 10.6 Å². The molecule has 1 heterocycles. The summed E-state index contributed by atoms with van der Waals surface area (Å²) in [5.74, 6) is 0.859. The number of nitro groups is 1. The van der Waals surface area contributed by atoms with Gasteiger partial charge in [-0.1, -0.05) is 48.0 Å². The predicted molar refractivity (Wildman–Crippen MR) is 108 cm³/mol. The van der Waals surface area contributed by atoms with Crippen LogP contribution in [0.25, 0.3) is 11.3 Å². The minimum absolute atomic E-state index is 0.114. The van der Waals surface area contributed by atoms with Gasteiger partial charge < -0.3 is 15.1 Å². The Hall–Kier alpha value is -3.32. The van der Waals surface area contributed by atoms with E-state index < -0.39 is 4.92 Å². The molecule has 0 atom stereocenters. The lowest BCUT2D eigenvalue weighted by Crippen LogP contribution is -2.29. The molecule has 144 valence electrons. The number of carbonyl (C=O) groups excluding carboxylic acids is 1. The summed E-state index contributed by atoms with van der Waals surface area (Å²) >= 11 is 6.03. The number of nitro benzene ring substituents is 1. The number of aryl methyl sites for hydroxylation is 1. The van der Waals surface area contributed by atoms with Crippen molar-refractivity contribution in [3.05, 3.63) is 81.1 Å². The molecule has 1 amide bonds. The van der Waals surface area contributed by atoms with Crippen molar-refractivity contribution < 1.29 is 14.1 Å². The number of halogens is 1. The van der Waals surface area contributed by atoms with E-state index in [0.29, 0.717) is 17.1 Å². The van der Waals surface area contributed by atoms with E-state index in [1.807, 2.05) is 30.3 Å². The van der Waals surface area contributed by atoms with Crippen molar-refractivity contribution in [2.75, 3.05) is 18.4 Å². The highest BCUT2D eigenvalue weighted by molar-refractivity contribution is 6.33. The van der Waals surface area contributed by atoms with Gasteiger partial charge in [0.25, 0.3) is 11.6 Å². The van der Waals surface area contributed by atoms with Crippen molar-refractivity contribution in [3.63, 3.8) is 0 Å². The van der Waals surface area contributed by atoms with Crippen LogP contribution < -0.4 is 10.6 Å². The Labute approximate surface area is 166 Å². The number of hydrogen-bond donors (Lipinski definition) is 2. The molecule has 0 saturated carbocycles. The first kappa shape index (κ1) is 19.4. The molecule has 2 N–H and O–H groups in total. The van der Waals surface area contributed by atoms with Crippen LogP contribution in [0.15, 0.2) is 59.0 Å². The topological polar surface area (TPSA) is 97.4 Å². The zero-order chi connectivity index (χ0) is 20.1. The standard InChI is InChI=1S/C20H18ClN3O4/c1-13-15(12-18(28-13)14-6-3-2-4-7-14)20(25)23-11-10-22-19-16(21)8-5-9-17(19)24(26)27/h2-9,12,22H,10-11H2,1H3,(H,23,25). The third-order valence-corrected chi connectivity index (χ3v) is 4.44. The van der Waals surface area contributed by atoms with E-state index in [4.69, 9.17) is 16.0 Å².